The molecule has 1 heterocycles. The number of rotatable bonds is 3. The molecule has 9 heteroatoms. The van der Waals surface area contributed by atoms with Crippen molar-refractivity contribution >= 4 is 17.4 Å². The van der Waals surface area contributed by atoms with Crippen molar-refractivity contribution in [1.82, 2.24) is 5.32 Å². The van der Waals surface area contributed by atoms with Gasteiger partial charge in [0.1, 0.15) is 0 Å². The van der Waals surface area contributed by atoms with Gasteiger partial charge < -0.3 is 10.2 Å². The molecule has 0 saturated carbocycles. The highest BCUT2D eigenvalue weighted by Crippen LogP contribution is 2.43. The molecule has 0 aromatic heterocycles. The fourth-order valence-electron chi connectivity index (χ4n) is 2.56. The molecule has 1 saturated heterocycles. The zero-order chi connectivity index (χ0) is 17.3. The standard InChI is InChI=1S/C14H16F6N2S/c1-21-8-9-6-10(13(15,16)17)7-11(14(18,19)20)12(9)22-2-4-23-5-3-22/h6-7,21H,2-5,8H2,1H3. The first-order valence-electron chi connectivity index (χ1n) is 6.93. The van der Waals surface area contributed by atoms with Crippen LogP contribution in [0.1, 0.15) is 16.7 Å². The molecule has 1 aliphatic rings. The van der Waals surface area contributed by atoms with E-state index in [-0.39, 0.29) is 23.9 Å². The van der Waals surface area contributed by atoms with Gasteiger partial charge >= 0.3 is 12.4 Å². The van der Waals surface area contributed by atoms with Crippen LogP contribution in [-0.2, 0) is 18.9 Å². The van der Waals surface area contributed by atoms with E-state index in [0.29, 0.717) is 24.6 Å². The molecule has 1 aliphatic heterocycles. The number of hydrogen-bond acceptors (Lipinski definition) is 3. The van der Waals surface area contributed by atoms with Crippen molar-refractivity contribution in [3.63, 3.8) is 0 Å². The molecular formula is C14H16F6N2S. The number of thioether (sulfide) groups is 1. The highest BCUT2D eigenvalue weighted by Gasteiger charge is 2.40. The van der Waals surface area contributed by atoms with E-state index in [1.165, 1.54) is 11.9 Å². The predicted molar refractivity (Wildman–Crippen MR) is 78.7 cm³/mol. The average molecular weight is 358 g/mol. The van der Waals surface area contributed by atoms with Crippen LogP contribution in [0.3, 0.4) is 0 Å². The lowest BCUT2D eigenvalue weighted by molar-refractivity contribution is -0.142. The van der Waals surface area contributed by atoms with Gasteiger partial charge in [-0.1, -0.05) is 0 Å². The molecule has 1 N–H and O–H groups in total. The number of alkyl halides is 6. The maximum Gasteiger partial charge on any atom is 0.418 e. The number of halogens is 6. The van der Waals surface area contributed by atoms with Crippen LogP contribution in [0.15, 0.2) is 12.1 Å². The van der Waals surface area contributed by atoms with Crippen molar-refractivity contribution in [1.29, 1.82) is 0 Å². The summed E-state index contributed by atoms with van der Waals surface area (Å²) in [5, 5.41) is 2.65. The van der Waals surface area contributed by atoms with Gasteiger partial charge in [-0.3, -0.25) is 0 Å². The van der Waals surface area contributed by atoms with Crippen LogP contribution in [0.2, 0.25) is 0 Å². The first kappa shape index (κ1) is 18.3. The molecule has 2 rings (SSSR count). The molecule has 2 nitrogen and oxygen atoms in total. The van der Waals surface area contributed by atoms with Crippen LogP contribution in [0.5, 0.6) is 0 Å². The quantitative estimate of drug-likeness (QED) is 0.823. The first-order valence-corrected chi connectivity index (χ1v) is 8.08. The lowest BCUT2D eigenvalue weighted by Gasteiger charge is -2.33. The van der Waals surface area contributed by atoms with Gasteiger partial charge in [-0.05, 0) is 24.7 Å². The minimum atomic E-state index is -4.84. The molecular weight excluding hydrogens is 342 g/mol. The monoisotopic (exact) mass is 358 g/mol. The lowest BCUT2D eigenvalue weighted by Crippen LogP contribution is -2.35. The Kier molecular flexibility index (Phi) is 5.40. The predicted octanol–water partition coefficient (Wildman–Crippen LogP) is 4.00. The van der Waals surface area contributed by atoms with E-state index in [1.807, 2.05) is 0 Å². The highest BCUT2D eigenvalue weighted by molar-refractivity contribution is 7.99. The molecule has 0 atom stereocenters. The molecule has 0 amide bonds. The zero-order valence-electron chi connectivity index (χ0n) is 12.3. The van der Waals surface area contributed by atoms with Gasteiger partial charge in [-0.25, -0.2) is 0 Å². The molecule has 23 heavy (non-hydrogen) atoms. The maximum absolute atomic E-state index is 13.4. The van der Waals surface area contributed by atoms with Crippen LogP contribution >= 0.6 is 11.8 Å². The van der Waals surface area contributed by atoms with Crippen LogP contribution in [0.25, 0.3) is 0 Å². The zero-order valence-corrected chi connectivity index (χ0v) is 13.1. The molecule has 0 spiro atoms. The lowest BCUT2D eigenvalue weighted by atomic mass is 10.00. The molecule has 0 bridgehead atoms. The summed E-state index contributed by atoms with van der Waals surface area (Å²) < 4.78 is 79.0. The van der Waals surface area contributed by atoms with Gasteiger partial charge in [0.15, 0.2) is 0 Å². The van der Waals surface area contributed by atoms with Crippen LogP contribution in [0.4, 0.5) is 32.0 Å². The Bertz CT molecular complexity index is 549. The Labute approximate surface area is 134 Å². The summed E-state index contributed by atoms with van der Waals surface area (Å²) in [6, 6.07) is 1.03. The number of benzene rings is 1. The molecule has 0 radical (unpaired) electrons. The van der Waals surface area contributed by atoms with Crippen molar-refractivity contribution in [3.05, 3.63) is 28.8 Å². The molecule has 0 unspecified atom stereocenters. The highest BCUT2D eigenvalue weighted by atomic mass is 32.2. The topological polar surface area (TPSA) is 15.3 Å². The van der Waals surface area contributed by atoms with Crippen LogP contribution in [0, 0.1) is 0 Å². The Morgan fingerprint density at radius 3 is 2.13 bits per heavy atom. The van der Waals surface area contributed by atoms with Crippen molar-refractivity contribution in [2.45, 2.75) is 18.9 Å². The van der Waals surface area contributed by atoms with E-state index in [9.17, 15) is 26.3 Å². The van der Waals surface area contributed by atoms with E-state index in [0.717, 1.165) is 6.07 Å². The second-order valence-corrected chi connectivity index (χ2v) is 6.38. The number of anilines is 1. The van der Waals surface area contributed by atoms with Crippen molar-refractivity contribution in [2.75, 3.05) is 36.5 Å². The van der Waals surface area contributed by atoms with E-state index < -0.39 is 23.5 Å². The normalized spacial score (nSPS) is 16.7. The molecule has 1 aromatic carbocycles. The largest absolute Gasteiger partial charge is 0.418 e. The van der Waals surface area contributed by atoms with E-state index in [2.05, 4.69) is 5.32 Å². The maximum atomic E-state index is 13.4. The summed E-state index contributed by atoms with van der Waals surface area (Å²) in [4.78, 5) is 1.53. The van der Waals surface area contributed by atoms with E-state index >= 15 is 0 Å². The third-order valence-corrected chi connectivity index (χ3v) is 4.46. The van der Waals surface area contributed by atoms with Gasteiger partial charge in [-0.15, -0.1) is 0 Å². The Morgan fingerprint density at radius 2 is 1.65 bits per heavy atom. The van der Waals surface area contributed by atoms with Crippen LogP contribution < -0.4 is 10.2 Å². The summed E-state index contributed by atoms with van der Waals surface area (Å²) in [7, 11) is 1.49. The third-order valence-electron chi connectivity index (χ3n) is 3.52. The van der Waals surface area contributed by atoms with Crippen molar-refractivity contribution in [2.24, 2.45) is 0 Å². The fraction of sp³-hybridized carbons (Fsp3) is 0.571. The molecule has 1 aromatic rings. The Hall–Kier alpha value is -1.09. The molecule has 1 fully saturated rings. The van der Waals surface area contributed by atoms with Crippen molar-refractivity contribution < 1.29 is 26.3 Å². The summed E-state index contributed by atoms with van der Waals surface area (Å²) >= 11 is 1.61. The van der Waals surface area contributed by atoms with Gasteiger partial charge in [0.05, 0.1) is 16.8 Å². The summed E-state index contributed by atoms with van der Waals surface area (Å²) in [5.41, 5.74) is -2.61. The number of hydrogen-bond donors (Lipinski definition) is 1. The van der Waals surface area contributed by atoms with E-state index in [4.69, 9.17) is 0 Å². The fourth-order valence-corrected chi connectivity index (χ4v) is 3.46. The third kappa shape index (κ3) is 4.26. The first-order chi connectivity index (χ1) is 10.6. The smallest absolute Gasteiger partial charge is 0.369 e. The summed E-state index contributed by atoms with van der Waals surface area (Å²) in [6.07, 6.45) is -9.66. The van der Waals surface area contributed by atoms with Gasteiger partial charge in [-0.2, -0.15) is 38.1 Å². The van der Waals surface area contributed by atoms with Gasteiger partial charge in [0.2, 0.25) is 0 Å². The minimum Gasteiger partial charge on any atom is -0.369 e. The number of nitrogens with one attached hydrogen (secondary N) is 1. The minimum absolute atomic E-state index is 0.0153. The average Bonchev–Trinajstić information content (AvgIpc) is 2.46. The second kappa shape index (κ2) is 6.80. The Balaban J connectivity index is 2.64. The molecule has 0 aliphatic carbocycles. The Morgan fingerprint density at radius 1 is 1.04 bits per heavy atom. The van der Waals surface area contributed by atoms with E-state index in [1.54, 1.807) is 11.8 Å². The van der Waals surface area contributed by atoms with Crippen molar-refractivity contribution in [3.8, 4) is 0 Å². The molecule has 130 valence electrons. The van der Waals surface area contributed by atoms with Crippen LogP contribution in [-0.4, -0.2) is 31.6 Å². The second-order valence-electron chi connectivity index (χ2n) is 5.16. The summed E-state index contributed by atoms with van der Waals surface area (Å²) in [6.45, 7) is 0.706. The van der Waals surface area contributed by atoms with Gasteiger partial charge in [0, 0.05) is 31.1 Å². The SMILES string of the molecule is CNCc1cc(C(F)(F)F)cc(C(F)(F)F)c1N1CCSCC1. The number of nitrogens with zero attached hydrogens (tertiary/aromatic N) is 1. The van der Waals surface area contributed by atoms with Gasteiger partial charge in [0.25, 0.3) is 0 Å². The summed E-state index contributed by atoms with van der Waals surface area (Å²) in [5.74, 6) is 1.30.